The maximum absolute atomic E-state index is 9.98. The number of rotatable bonds is 4. The molecule has 0 N–H and O–H groups in total. The van der Waals surface area contributed by atoms with Crippen molar-refractivity contribution in [3.05, 3.63) is 10.1 Å². The van der Waals surface area contributed by atoms with Crippen LogP contribution in [0.1, 0.15) is 6.92 Å². The number of nitrogens with zero attached hydrogens (tertiary/aromatic N) is 3. The molecule has 0 saturated carbocycles. The van der Waals surface area contributed by atoms with Crippen LogP contribution in [0.3, 0.4) is 0 Å². The van der Waals surface area contributed by atoms with Crippen LogP contribution in [0.5, 0.6) is 0 Å². The van der Waals surface area contributed by atoms with Gasteiger partial charge < -0.3 is 5.01 Å². The average Bonchev–Trinajstić information content (AvgIpc) is 1.82. The van der Waals surface area contributed by atoms with Crippen molar-refractivity contribution in [2.24, 2.45) is 11.0 Å². The molecule has 64 valence electrons. The third-order valence-electron chi connectivity index (χ3n) is 0.989. The molecule has 0 aliphatic rings. The zero-order valence-electron chi connectivity index (χ0n) is 7.02. The van der Waals surface area contributed by atoms with Crippen molar-refractivity contribution in [1.29, 1.82) is 0 Å². The lowest BCUT2D eigenvalue weighted by atomic mass is 10.2. The van der Waals surface area contributed by atoms with Gasteiger partial charge in [-0.05, 0) is 0 Å². The van der Waals surface area contributed by atoms with Gasteiger partial charge in [0.15, 0.2) is 0 Å². The fraction of sp³-hybridized carbons (Fsp3) is 0.833. The lowest BCUT2D eigenvalue weighted by Crippen LogP contribution is -2.14. The van der Waals surface area contributed by atoms with Crippen LogP contribution in [0.4, 0.5) is 0 Å². The van der Waals surface area contributed by atoms with E-state index in [1.165, 1.54) is 0 Å². The molecular weight excluding hydrogens is 146 g/mol. The molecule has 0 aliphatic carbocycles. The van der Waals surface area contributed by atoms with Crippen molar-refractivity contribution in [2.45, 2.75) is 6.92 Å². The molecule has 5 heteroatoms. The first kappa shape index (κ1) is 9.87. The molecule has 0 spiro atoms. The van der Waals surface area contributed by atoms with Gasteiger partial charge in [0.2, 0.25) is 6.54 Å². The van der Waals surface area contributed by atoms with Crippen LogP contribution in [-0.4, -0.2) is 36.8 Å². The summed E-state index contributed by atoms with van der Waals surface area (Å²) in [5.41, 5.74) is 0. The monoisotopic (exact) mass is 159 g/mol. The van der Waals surface area contributed by atoms with Crippen molar-refractivity contribution in [2.75, 3.05) is 20.6 Å². The fourth-order valence-corrected chi connectivity index (χ4v) is 0.529. The van der Waals surface area contributed by atoms with Gasteiger partial charge in [0, 0.05) is 25.2 Å². The Morgan fingerprint density at radius 3 is 2.64 bits per heavy atom. The van der Waals surface area contributed by atoms with E-state index in [1.807, 2.05) is 0 Å². The molecule has 1 atom stereocenters. The SMILES string of the molecule is CC(/C=N/N(C)C)C[N+](=O)[O-]. The standard InChI is InChI=1S/C6H13N3O2/c1-6(5-9(10)11)4-7-8(2)3/h4,6H,5H2,1-3H3/b7-4+. The summed E-state index contributed by atoms with van der Waals surface area (Å²) >= 11 is 0. The predicted octanol–water partition coefficient (Wildman–Crippen LogP) is 0.447. The van der Waals surface area contributed by atoms with E-state index in [2.05, 4.69) is 5.10 Å². The van der Waals surface area contributed by atoms with E-state index in [9.17, 15) is 10.1 Å². The van der Waals surface area contributed by atoms with Crippen molar-refractivity contribution < 1.29 is 4.92 Å². The Kier molecular flexibility index (Phi) is 4.17. The summed E-state index contributed by atoms with van der Waals surface area (Å²) in [6, 6.07) is 0. The Morgan fingerprint density at radius 1 is 1.73 bits per heavy atom. The first-order valence-corrected chi connectivity index (χ1v) is 3.35. The Hall–Kier alpha value is -1.13. The van der Waals surface area contributed by atoms with Gasteiger partial charge in [-0.1, -0.05) is 6.92 Å². The van der Waals surface area contributed by atoms with Gasteiger partial charge in [0.05, 0.1) is 5.92 Å². The summed E-state index contributed by atoms with van der Waals surface area (Å²) in [7, 11) is 3.55. The van der Waals surface area contributed by atoms with E-state index in [0.717, 1.165) is 0 Å². The molecular formula is C6H13N3O2. The highest BCUT2D eigenvalue weighted by molar-refractivity contribution is 5.59. The van der Waals surface area contributed by atoms with Crippen LogP contribution in [0.15, 0.2) is 5.10 Å². The summed E-state index contributed by atoms with van der Waals surface area (Å²) in [6.07, 6.45) is 1.57. The molecule has 0 radical (unpaired) electrons. The number of nitro groups is 1. The van der Waals surface area contributed by atoms with E-state index in [1.54, 1.807) is 32.2 Å². The normalized spacial score (nSPS) is 13.4. The van der Waals surface area contributed by atoms with Gasteiger partial charge in [-0.15, -0.1) is 0 Å². The molecule has 0 aromatic heterocycles. The molecule has 0 aromatic rings. The van der Waals surface area contributed by atoms with E-state index >= 15 is 0 Å². The molecule has 0 rings (SSSR count). The zero-order chi connectivity index (χ0) is 8.85. The summed E-state index contributed by atoms with van der Waals surface area (Å²) in [5, 5.41) is 15.5. The Bertz CT molecular complexity index is 156. The number of hydrogen-bond acceptors (Lipinski definition) is 4. The van der Waals surface area contributed by atoms with Crippen LogP contribution in [0.2, 0.25) is 0 Å². The lowest BCUT2D eigenvalue weighted by molar-refractivity contribution is -0.483. The first-order chi connectivity index (χ1) is 5.02. The molecule has 0 amide bonds. The molecule has 0 aromatic carbocycles. The molecule has 11 heavy (non-hydrogen) atoms. The number of hydrazone groups is 1. The van der Waals surface area contributed by atoms with Crippen LogP contribution >= 0.6 is 0 Å². The quantitative estimate of drug-likeness (QED) is 0.340. The third kappa shape index (κ3) is 6.76. The minimum absolute atomic E-state index is 0.0582. The highest BCUT2D eigenvalue weighted by atomic mass is 16.6. The molecule has 0 bridgehead atoms. The Balaban J connectivity index is 3.68. The lowest BCUT2D eigenvalue weighted by Gasteiger charge is -2.03. The fourth-order valence-electron chi connectivity index (χ4n) is 0.529. The van der Waals surface area contributed by atoms with Crippen molar-refractivity contribution in [3.8, 4) is 0 Å². The van der Waals surface area contributed by atoms with E-state index in [0.29, 0.717) is 0 Å². The predicted molar refractivity (Wildman–Crippen MR) is 43.2 cm³/mol. The third-order valence-corrected chi connectivity index (χ3v) is 0.989. The minimum atomic E-state index is -0.341. The largest absolute Gasteiger partial charge is 0.303 e. The summed E-state index contributed by atoms with van der Waals surface area (Å²) in [6.45, 7) is 1.70. The molecule has 0 heterocycles. The summed E-state index contributed by atoms with van der Waals surface area (Å²) < 4.78 is 0. The molecule has 0 fully saturated rings. The number of hydrogen-bond donors (Lipinski definition) is 0. The van der Waals surface area contributed by atoms with Gasteiger partial charge in [0.1, 0.15) is 0 Å². The maximum Gasteiger partial charge on any atom is 0.211 e. The Labute approximate surface area is 65.8 Å². The first-order valence-electron chi connectivity index (χ1n) is 3.35. The topological polar surface area (TPSA) is 58.7 Å². The summed E-state index contributed by atoms with van der Waals surface area (Å²) in [4.78, 5) is 9.64. The van der Waals surface area contributed by atoms with Crippen LogP contribution in [-0.2, 0) is 0 Å². The van der Waals surface area contributed by atoms with Crippen LogP contribution in [0.25, 0.3) is 0 Å². The van der Waals surface area contributed by atoms with Gasteiger partial charge in [-0.25, -0.2) is 0 Å². The van der Waals surface area contributed by atoms with Gasteiger partial charge >= 0.3 is 0 Å². The molecule has 1 unspecified atom stereocenters. The van der Waals surface area contributed by atoms with Crippen LogP contribution in [0, 0.1) is 16.0 Å². The highest BCUT2D eigenvalue weighted by Gasteiger charge is 2.05. The van der Waals surface area contributed by atoms with Crippen LogP contribution < -0.4 is 0 Å². The second-order valence-electron chi connectivity index (χ2n) is 2.60. The van der Waals surface area contributed by atoms with E-state index in [4.69, 9.17) is 0 Å². The minimum Gasteiger partial charge on any atom is -0.303 e. The Morgan fingerprint density at radius 2 is 2.27 bits per heavy atom. The van der Waals surface area contributed by atoms with Crippen molar-refractivity contribution in [1.82, 2.24) is 5.01 Å². The van der Waals surface area contributed by atoms with Crippen molar-refractivity contribution in [3.63, 3.8) is 0 Å². The van der Waals surface area contributed by atoms with Gasteiger partial charge in [0.25, 0.3) is 0 Å². The molecule has 0 aliphatic heterocycles. The summed E-state index contributed by atoms with van der Waals surface area (Å²) in [5.74, 6) is -0.104. The van der Waals surface area contributed by atoms with E-state index in [-0.39, 0.29) is 17.4 Å². The van der Waals surface area contributed by atoms with Gasteiger partial charge in [-0.3, -0.25) is 10.1 Å². The van der Waals surface area contributed by atoms with Gasteiger partial charge in [-0.2, -0.15) is 5.10 Å². The zero-order valence-corrected chi connectivity index (χ0v) is 7.02. The molecule has 0 saturated heterocycles. The van der Waals surface area contributed by atoms with Crippen molar-refractivity contribution >= 4 is 6.21 Å². The smallest absolute Gasteiger partial charge is 0.211 e. The van der Waals surface area contributed by atoms with E-state index < -0.39 is 0 Å². The molecule has 5 nitrogen and oxygen atoms in total. The average molecular weight is 159 g/mol. The second kappa shape index (κ2) is 4.65. The maximum atomic E-state index is 9.98. The second-order valence-corrected chi connectivity index (χ2v) is 2.60. The highest BCUT2D eigenvalue weighted by Crippen LogP contribution is 1.90.